The Morgan fingerprint density at radius 3 is 2.56 bits per heavy atom. The number of rotatable bonds is 11. The lowest BCUT2D eigenvalue weighted by Crippen LogP contribution is -2.30. The van der Waals surface area contributed by atoms with Gasteiger partial charge in [0.2, 0.25) is 11.6 Å². The molecule has 1 aliphatic rings. The monoisotopic (exact) mass is 461 g/mol. The van der Waals surface area contributed by atoms with Crippen LogP contribution in [0.2, 0.25) is 0 Å². The Balaban J connectivity index is 1.57. The van der Waals surface area contributed by atoms with E-state index in [0.717, 1.165) is 37.3 Å². The summed E-state index contributed by atoms with van der Waals surface area (Å²) in [6, 6.07) is 13.4. The molecule has 4 rings (SSSR count). The summed E-state index contributed by atoms with van der Waals surface area (Å²) < 4.78 is 1.53. The molecule has 9 heteroatoms. The minimum Gasteiger partial charge on any atom is -0.384 e. The van der Waals surface area contributed by atoms with Gasteiger partial charge in [0.25, 0.3) is 0 Å². The van der Waals surface area contributed by atoms with Gasteiger partial charge < -0.3 is 21.3 Å². The standard InChI is InChI=1S/C25H31N7O2/c1-3-31(15-14-27-2)18-10-8-17(9-11-18)16-32-23-22(29-30-32)25(34)21-19(24(23)33)6-4-7-20(21)28-13-5-12-26/h4,6-11,27-28H,3,5,12-16,26H2,1-2H3. The van der Waals surface area contributed by atoms with Crippen molar-refractivity contribution in [2.75, 3.05) is 50.0 Å². The maximum atomic E-state index is 13.4. The number of carbonyl (C=O) groups excluding carboxylic acids is 2. The third-order valence-corrected chi connectivity index (χ3v) is 6.05. The number of hydrogen-bond acceptors (Lipinski definition) is 8. The molecule has 0 aliphatic heterocycles. The molecule has 0 unspecified atom stereocenters. The second-order valence-corrected chi connectivity index (χ2v) is 8.25. The van der Waals surface area contributed by atoms with Crippen LogP contribution in [0, 0.1) is 0 Å². The van der Waals surface area contributed by atoms with E-state index in [1.165, 1.54) is 4.68 Å². The van der Waals surface area contributed by atoms with E-state index in [4.69, 9.17) is 5.73 Å². The molecule has 0 fully saturated rings. The van der Waals surface area contributed by atoms with Gasteiger partial charge in [-0.2, -0.15) is 0 Å². The number of carbonyl (C=O) groups is 2. The number of nitrogens with one attached hydrogen (secondary N) is 2. The van der Waals surface area contributed by atoms with E-state index in [2.05, 4.69) is 44.9 Å². The highest BCUT2D eigenvalue weighted by atomic mass is 16.1. The van der Waals surface area contributed by atoms with Crippen molar-refractivity contribution in [1.82, 2.24) is 20.3 Å². The van der Waals surface area contributed by atoms with Crippen LogP contribution in [-0.2, 0) is 6.54 Å². The number of benzene rings is 2. The van der Waals surface area contributed by atoms with Crippen LogP contribution in [0.5, 0.6) is 0 Å². The largest absolute Gasteiger partial charge is 0.384 e. The van der Waals surface area contributed by atoms with Crippen LogP contribution in [0.25, 0.3) is 0 Å². The number of nitrogens with zero attached hydrogens (tertiary/aromatic N) is 4. The third kappa shape index (κ3) is 4.57. The number of likely N-dealkylation sites (N-methyl/N-ethyl adjacent to an activating group) is 2. The van der Waals surface area contributed by atoms with Gasteiger partial charge in [-0.1, -0.05) is 29.5 Å². The minimum atomic E-state index is -0.287. The minimum absolute atomic E-state index is 0.103. The van der Waals surface area contributed by atoms with Crippen LogP contribution in [0.4, 0.5) is 11.4 Å². The molecule has 4 N–H and O–H groups in total. The van der Waals surface area contributed by atoms with Crippen molar-refractivity contribution in [3.8, 4) is 0 Å². The van der Waals surface area contributed by atoms with Crippen molar-refractivity contribution >= 4 is 22.9 Å². The van der Waals surface area contributed by atoms with E-state index in [1.807, 2.05) is 19.2 Å². The fourth-order valence-corrected chi connectivity index (χ4v) is 4.21. The van der Waals surface area contributed by atoms with Crippen LogP contribution < -0.4 is 21.3 Å². The summed E-state index contributed by atoms with van der Waals surface area (Å²) >= 11 is 0. The number of ketones is 2. The smallest absolute Gasteiger partial charge is 0.218 e. The lowest BCUT2D eigenvalue weighted by Gasteiger charge is -2.23. The van der Waals surface area contributed by atoms with Gasteiger partial charge in [0, 0.05) is 43.1 Å². The zero-order chi connectivity index (χ0) is 24.1. The molecule has 0 spiro atoms. The lowest BCUT2D eigenvalue weighted by molar-refractivity contribution is 0.0971. The highest BCUT2D eigenvalue weighted by Crippen LogP contribution is 2.31. The maximum absolute atomic E-state index is 13.4. The molecule has 0 amide bonds. The SMILES string of the molecule is CCN(CCNC)c1ccc(Cn2nnc3c2C(=O)c2cccc(NCCCN)c2C3=O)cc1. The van der Waals surface area contributed by atoms with Gasteiger partial charge in [-0.25, -0.2) is 4.68 Å². The molecule has 34 heavy (non-hydrogen) atoms. The Kier molecular flexibility index (Phi) is 7.34. The van der Waals surface area contributed by atoms with Gasteiger partial charge in [-0.3, -0.25) is 9.59 Å². The molecule has 2 aromatic carbocycles. The molecule has 9 nitrogen and oxygen atoms in total. The summed E-state index contributed by atoms with van der Waals surface area (Å²) in [7, 11) is 1.94. The summed E-state index contributed by atoms with van der Waals surface area (Å²) in [5, 5.41) is 14.7. The first-order valence-corrected chi connectivity index (χ1v) is 11.7. The quantitative estimate of drug-likeness (QED) is 0.290. The molecule has 1 aromatic heterocycles. The van der Waals surface area contributed by atoms with Crippen LogP contribution >= 0.6 is 0 Å². The molecule has 0 saturated carbocycles. The van der Waals surface area contributed by atoms with Crippen molar-refractivity contribution in [3.63, 3.8) is 0 Å². The van der Waals surface area contributed by atoms with Crippen molar-refractivity contribution in [1.29, 1.82) is 0 Å². The summed E-state index contributed by atoms with van der Waals surface area (Å²) in [6.45, 7) is 6.38. The van der Waals surface area contributed by atoms with E-state index in [-0.39, 0.29) is 23.0 Å². The molecule has 0 atom stereocenters. The number of anilines is 2. The number of hydrogen-bond donors (Lipinski definition) is 3. The third-order valence-electron chi connectivity index (χ3n) is 6.05. The van der Waals surface area contributed by atoms with Gasteiger partial charge in [0.1, 0.15) is 5.69 Å². The van der Waals surface area contributed by atoms with E-state index >= 15 is 0 Å². The summed E-state index contributed by atoms with van der Waals surface area (Å²) in [5.41, 5.74) is 9.38. The Morgan fingerprint density at radius 2 is 1.85 bits per heavy atom. The molecule has 1 aliphatic carbocycles. The molecule has 0 bridgehead atoms. The zero-order valence-electron chi connectivity index (χ0n) is 19.7. The Bertz CT molecular complexity index is 1170. The first-order valence-electron chi connectivity index (χ1n) is 11.7. The van der Waals surface area contributed by atoms with Gasteiger partial charge in [0.15, 0.2) is 5.69 Å². The molecule has 178 valence electrons. The molecule has 0 saturated heterocycles. The fraction of sp³-hybridized carbons (Fsp3) is 0.360. The number of fused-ring (bicyclic) bond motifs is 2. The van der Waals surface area contributed by atoms with E-state index in [0.29, 0.717) is 36.4 Å². The lowest BCUT2D eigenvalue weighted by atomic mass is 9.88. The average molecular weight is 462 g/mol. The number of aromatic nitrogens is 3. The Labute approximate surface area is 199 Å². The first-order chi connectivity index (χ1) is 16.6. The van der Waals surface area contributed by atoms with Crippen LogP contribution in [-0.4, -0.2) is 66.3 Å². The number of nitrogens with two attached hydrogens (primary N) is 1. The highest BCUT2D eigenvalue weighted by molar-refractivity contribution is 6.28. The zero-order valence-corrected chi connectivity index (χ0v) is 19.7. The van der Waals surface area contributed by atoms with Gasteiger partial charge in [-0.05, 0) is 50.7 Å². The predicted molar refractivity (Wildman–Crippen MR) is 133 cm³/mol. The summed E-state index contributed by atoms with van der Waals surface area (Å²) in [5.74, 6) is -0.525. The highest BCUT2D eigenvalue weighted by Gasteiger charge is 2.36. The molecule has 0 radical (unpaired) electrons. The second kappa shape index (κ2) is 10.6. The average Bonchev–Trinajstić information content (AvgIpc) is 3.28. The van der Waals surface area contributed by atoms with E-state index in [1.54, 1.807) is 18.2 Å². The van der Waals surface area contributed by atoms with Crippen LogP contribution in [0.1, 0.15) is 51.0 Å². The second-order valence-electron chi connectivity index (χ2n) is 8.25. The summed E-state index contributed by atoms with van der Waals surface area (Å²) in [4.78, 5) is 28.9. The topological polar surface area (TPSA) is 118 Å². The van der Waals surface area contributed by atoms with E-state index < -0.39 is 0 Å². The van der Waals surface area contributed by atoms with Gasteiger partial charge in [0.05, 0.1) is 12.1 Å². The van der Waals surface area contributed by atoms with E-state index in [9.17, 15) is 9.59 Å². The maximum Gasteiger partial charge on any atom is 0.218 e. The summed E-state index contributed by atoms with van der Waals surface area (Å²) in [6.07, 6.45) is 0.761. The van der Waals surface area contributed by atoms with Crippen LogP contribution in [0.3, 0.4) is 0 Å². The van der Waals surface area contributed by atoms with Gasteiger partial charge in [-0.15, -0.1) is 5.10 Å². The van der Waals surface area contributed by atoms with Crippen molar-refractivity contribution in [2.45, 2.75) is 19.9 Å². The molecular formula is C25H31N7O2. The molecular weight excluding hydrogens is 430 g/mol. The fourth-order valence-electron chi connectivity index (χ4n) is 4.21. The van der Waals surface area contributed by atoms with Crippen LogP contribution in [0.15, 0.2) is 42.5 Å². The molecule has 1 heterocycles. The van der Waals surface area contributed by atoms with Crippen molar-refractivity contribution in [3.05, 3.63) is 70.5 Å². The van der Waals surface area contributed by atoms with Gasteiger partial charge >= 0.3 is 0 Å². The van der Waals surface area contributed by atoms with Crippen molar-refractivity contribution < 1.29 is 9.59 Å². The normalized spacial score (nSPS) is 12.4. The molecule has 3 aromatic rings. The Morgan fingerprint density at radius 1 is 1.06 bits per heavy atom. The van der Waals surface area contributed by atoms with Crippen molar-refractivity contribution in [2.24, 2.45) is 5.73 Å². The predicted octanol–water partition coefficient (Wildman–Crippen LogP) is 1.91. The Hall–Kier alpha value is -3.56. The first kappa shape index (κ1) is 23.6.